The molecular weight excluding hydrogens is 252 g/mol. The van der Waals surface area contributed by atoms with Crippen molar-refractivity contribution in [2.75, 3.05) is 18.1 Å². The average molecular weight is 272 g/mol. The predicted molar refractivity (Wildman–Crippen MR) is 69.4 cm³/mol. The minimum atomic E-state index is -0.741. The topological polar surface area (TPSA) is 66.5 Å². The maximum atomic E-state index is 12.3. The Morgan fingerprint density at radius 1 is 1.28 bits per heavy atom. The first kappa shape index (κ1) is 13.5. The van der Waals surface area contributed by atoms with E-state index in [2.05, 4.69) is 5.32 Å². The minimum absolute atomic E-state index is 0.0160. The molecule has 2 aliphatic rings. The summed E-state index contributed by atoms with van der Waals surface area (Å²) < 4.78 is 11.3. The maximum absolute atomic E-state index is 12.3. The van der Waals surface area contributed by atoms with E-state index in [1.807, 2.05) is 13.8 Å². The number of hydrogen-bond acceptors (Lipinski definition) is 3. The van der Waals surface area contributed by atoms with E-state index < -0.39 is 16.8 Å². The largest absolute Gasteiger partial charge is 0.343 e. The number of amides is 2. The molecule has 0 aromatic carbocycles. The highest BCUT2D eigenvalue weighted by Crippen LogP contribution is 2.20. The molecule has 0 aromatic heterocycles. The molecule has 2 aliphatic heterocycles. The van der Waals surface area contributed by atoms with Gasteiger partial charge in [-0.05, 0) is 18.8 Å². The van der Waals surface area contributed by atoms with Gasteiger partial charge in [0.15, 0.2) is 0 Å². The van der Waals surface area contributed by atoms with E-state index in [0.29, 0.717) is 11.5 Å². The van der Waals surface area contributed by atoms with Crippen LogP contribution >= 0.6 is 0 Å². The van der Waals surface area contributed by atoms with Crippen molar-refractivity contribution < 1.29 is 13.8 Å². The monoisotopic (exact) mass is 272 g/mol. The highest BCUT2D eigenvalue weighted by Gasteiger charge is 2.38. The smallest absolute Gasteiger partial charge is 0.246 e. The summed E-state index contributed by atoms with van der Waals surface area (Å²) in [5.74, 6) is 1.31. The second-order valence-electron chi connectivity index (χ2n) is 5.33. The minimum Gasteiger partial charge on any atom is -0.343 e. The second-order valence-corrected chi connectivity index (χ2v) is 7.03. The normalized spacial score (nSPS) is 33.7. The van der Waals surface area contributed by atoms with Gasteiger partial charge < -0.3 is 10.2 Å². The van der Waals surface area contributed by atoms with Gasteiger partial charge in [-0.25, -0.2) is 0 Å². The van der Waals surface area contributed by atoms with Gasteiger partial charge in [0.25, 0.3) is 0 Å². The molecule has 0 aromatic rings. The van der Waals surface area contributed by atoms with Gasteiger partial charge in [0, 0.05) is 28.3 Å². The first-order valence-corrected chi connectivity index (χ1v) is 7.92. The fourth-order valence-electron chi connectivity index (χ4n) is 2.55. The third-order valence-electron chi connectivity index (χ3n) is 3.64. The third-order valence-corrected chi connectivity index (χ3v) is 5.03. The van der Waals surface area contributed by atoms with Gasteiger partial charge in [-0.15, -0.1) is 0 Å². The molecule has 0 bridgehead atoms. The molecule has 2 heterocycles. The highest BCUT2D eigenvalue weighted by molar-refractivity contribution is 7.85. The van der Waals surface area contributed by atoms with Crippen molar-refractivity contribution in [2.45, 2.75) is 38.8 Å². The molecule has 2 saturated heterocycles. The van der Waals surface area contributed by atoms with Gasteiger partial charge in [-0.2, -0.15) is 0 Å². The van der Waals surface area contributed by atoms with Gasteiger partial charge in [0.1, 0.15) is 6.04 Å². The average Bonchev–Trinajstić information content (AvgIpc) is 2.32. The fraction of sp³-hybridized carbons (Fsp3) is 0.833. The van der Waals surface area contributed by atoms with Gasteiger partial charge in [-0.1, -0.05) is 13.8 Å². The van der Waals surface area contributed by atoms with Crippen LogP contribution in [0.3, 0.4) is 0 Å². The first-order valence-electron chi connectivity index (χ1n) is 6.44. The summed E-state index contributed by atoms with van der Waals surface area (Å²) in [5.41, 5.74) is 0. The van der Waals surface area contributed by atoms with Crippen LogP contribution in [0.2, 0.25) is 0 Å². The zero-order chi connectivity index (χ0) is 13.3. The zero-order valence-corrected chi connectivity index (χ0v) is 11.7. The zero-order valence-electron chi connectivity index (χ0n) is 10.8. The number of rotatable bonds is 2. The molecule has 1 unspecified atom stereocenters. The van der Waals surface area contributed by atoms with Crippen LogP contribution in [-0.4, -0.2) is 51.1 Å². The molecule has 6 heteroatoms. The molecule has 0 saturated carbocycles. The van der Waals surface area contributed by atoms with Crippen LogP contribution < -0.4 is 5.32 Å². The molecule has 2 rings (SSSR count). The Morgan fingerprint density at radius 2 is 1.89 bits per heavy atom. The summed E-state index contributed by atoms with van der Waals surface area (Å²) in [5, 5.41) is 2.75. The Hall–Kier alpha value is -0.910. The Balaban J connectivity index is 2.09. The van der Waals surface area contributed by atoms with Crippen molar-refractivity contribution in [3.63, 3.8) is 0 Å². The summed E-state index contributed by atoms with van der Waals surface area (Å²) in [6.07, 6.45) is 1.49. The highest BCUT2D eigenvalue weighted by atomic mass is 32.2. The summed E-state index contributed by atoms with van der Waals surface area (Å²) in [6.45, 7) is 4.02. The third kappa shape index (κ3) is 2.74. The van der Waals surface area contributed by atoms with Gasteiger partial charge in [0.2, 0.25) is 11.8 Å². The molecule has 0 radical (unpaired) electrons. The molecule has 1 atom stereocenters. The van der Waals surface area contributed by atoms with E-state index in [1.165, 1.54) is 0 Å². The molecule has 18 heavy (non-hydrogen) atoms. The number of nitrogens with one attached hydrogen (secondary N) is 1. The predicted octanol–water partition coefficient (Wildman–Crippen LogP) is -0.119. The second kappa shape index (κ2) is 5.38. The van der Waals surface area contributed by atoms with Crippen molar-refractivity contribution in [1.82, 2.24) is 10.2 Å². The van der Waals surface area contributed by atoms with Gasteiger partial charge >= 0.3 is 0 Å². The number of nitrogens with zero attached hydrogens (tertiary/aromatic N) is 1. The standard InChI is InChI=1S/C12H20N2O3S/c1-8(2)11-12(16)14(7-10(15)13-11)9-3-5-18(17)6-4-9/h8-9,11H,3-7H2,1-2H3,(H,13,15). The molecular formula is C12H20N2O3S. The number of piperazine rings is 1. The van der Waals surface area contributed by atoms with Crippen LogP contribution in [0, 0.1) is 5.92 Å². The lowest BCUT2D eigenvalue weighted by atomic mass is 9.98. The number of carbonyl (C=O) groups excluding carboxylic acids is 2. The summed E-state index contributed by atoms with van der Waals surface area (Å²) in [6, 6.07) is -0.318. The van der Waals surface area contributed by atoms with Crippen molar-refractivity contribution in [1.29, 1.82) is 0 Å². The molecule has 102 valence electrons. The van der Waals surface area contributed by atoms with Crippen LogP contribution in [0.15, 0.2) is 0 Å². The van der Waals surface area contributed by atoms with E-state index in [-0.39, 0.29) is 30.3 Å². The summed E-state index contributed by atoms with van der Waals surface area (Å²) >= 11 is 0. The van der Waals surface area contributed by atoms with Crippen LogP contribution in [0.4, 0.5) is 0 Å². The van der Waals surface area contributed by atoms with E-state index >= 15 is 0 Å². The van der Waals surface area contributed by atoms with Crippen LogP contribution in [-0.2, 0) is 20.4 Å². The Morgan fingerprint density at radius 3 is 2.44 bits per heavy atom. The SMILES string of the molecule is CC(C)C1NC(=O)CN(C2CCS(=O)CC2)C1=O. The lowest BCUT2D eigenvalue weighted by molar-refractivity contribution is -0.148. The lowest BCUT2D eigenvalue weighted by Crippen LogP contribution is -2.62. The summed E-state index contributed by atoms with van der Waals surface area (Å²) in [7, 11) is -0.741. The van der Waals surface area contributed by atoms with Crippen LogP contribution in [0.25, 0.3) is 0 Å². The van der Waals surface area contributed by atoms with E-state index in [1.54, 1.807) is 4.90 Å². The van der Waals surface area contributed by atoms with Crippen molar-refractivity contribution in [3.05, 3.63) is 0 Å². The van der Waals surface area contributed by atoms with Crippen LogP contribution in [0.5, 0.6) is 0 Å². The quantitative estimate of drug-likeness (QED) is 0.762. The number of hydrogen-bond donors (Lipinski definition) is 1. The Kier molecular flexibility index (Phi) is 4.04. The molecule has 2 fully saturated rings. The fourth-order valence-corrected chi connectivity index (χ4v) is 3.82. The lowest BCUT2D eigenvalue weighted by Gasteiger charge is -2.40. The van der Waals surface area contributed by atoms with Crippen molar-refractivity contribution >= 4 is 22.6 Å². The number of carbonyl (C=O) groups is 2. The molecule has 1 N–H and O–H groups in total. The molecule has 5 nitrogen and oxygen atoms in total. The van der Waals surface area contributed by atoms with Gasteiger partial charge in [-0.3, -0.25) is 13.8 Å². The molecule has 0 spiro atoms. The van der Waals surface area contributed by atoms with Gasteiger partial charge in [0.05, 0.1) is 6.54 Å². The van der Waals surface area contributed by atoms with Crippen LogP contribution in [0.1, 0.15) is 26.7 Å². The van der Waals surface area contributed by atoms with Crippen molar-refractivity contribution in [3.8, 4) is 0 Å². The summed E-state index contributed by atoms with van der Waals surface area (Å²) in [4.78, 5) is 25.7. The Labute approximate surface area is 110 Å². The van der Waals surface area contributed by atoms with Crippen molar-refractivity contribution in [2.24, 2.45) is 5.92 Å². The van der Waals surface area contributed by atoms with E-state index in [4.69, 9.17) is 0 Å². The first-order chi connectivity index (χ1) is 8.49. The maximum Gasteiger partial charge on any atom is 0.246 e. The Bertz CT molecular complexity index is 374. The molecule has 0 aliphatic carbocycles. The van der Waals surface area contributed by atoms with E-state index in [0.717, 1.165) is 12.8 Å². The van der Waals surface area contributed by atoms with E-state index in [9.17, 15) is 13.8 Å². The molecule has 2 amide bonds.